The monoisotopic (exact) mass is 495 g/mol. The van der Waals surface area contributed by atoms with Gasteiger partial charge in [0.05, 0.1) is 9.83 Å². The van der Waals surface area contributed by atoms with Crippen molar-refractivity contribution in [2.24, 2.45) is 0 Å². The zero-order valence-corrected chi connectivity index (χ0v) is 19.9. The first kappa shape index (κ1) is 24.5. The molecule has 0 N–H and O–H groups in total. The van der Waals surface area contributed by atoms with Crippen molar-refractivity contribution in [2.75, 3.05) is 19.6 Å². The zero-order valence-electron chi connectivity index (χ0n) is 19.1. The molecule has 0 saturated carbocycles. The Bertz CT molecular complexity index is 1140. The Balaban J connectivity index is 1.34. The summed E-state index contributed by atoms with van der Waals surface area (Å²) in [6, 6.07) is 13.1. The van der Waals surface area contributed by atoms with E-state index in [2.05, 4.69) is 0 Å². The van der Waals surface area contributed by atoms with Gasteiger partial charge in [0.2, 0.25) is 5.91 Å². The van der Waals surface area contributed by atoms with Crippen LogP contribution in [0.1, 0.15) is 36.8 Å². The molecule has 2 fully saturated rings. The van der Waals surface area contributed by atoms with Gasteiger partial charge >= 0.3 is 0 Å². The summed E-state index contributed by atoms with van der Waals surface area (Å²) in [5, 5.41) is 10.3. The van der Waals surface area contributed by atoms with E-state index in [0.29, 0.717) is 18.8 Å². The smallest absolute Gasteiger partial charge is 0.294 e. The van der Waals surface area contributed by atoms with Crippen molar-refractivity contribution in [3.05, 3.63) is 74.7 Å². The van der Waals surface area contributed by atoms with Gasteiger partial charge in [0.25, 0.3) is 16.8 Å². The molecule has 2 heterocycles. The van der Waals surface area contributed by atoms with Crippen molar-refractivity contribution in [3.8, 4) is 5.75 Å². The fourth-order valence-electron chi connectivity index (χ4n) is 3.88. The fourth-order valence-corrected chi connectivity index (χ4v) is 4.72. The van der Waals surface area contributed by atoms with Crippen LogP contribution >= 0.6 is 11.8 Å². The normalized spacial score (nSPS) is 17.5. The number of carbonyl (C=O) groups is 3. The second-order valence-electron chi connectivity index (χ2n) is 8.34. The number of hydrogen-bond donors (Lipinski definition) is 0. The summed E-state index contributed by atoms with van der Waals surface area (Å²) in [4.78, 5) is 51.1. The summed E-state index contributed by atoms with van der Waals surface area (Å²) in [5.74, 6) is -0.0525. The molecule has 2 aromatic carbocycles. The molecule has 0 aliphatic carbocycles. The highest BCUT2D eigenvalue weighted by molar-refractivity contribution is 8.18. The molecular formula is C25H25N3O6S. The number of carbonyl (C=O) groups excluding carboxylic acids is 3. The largest absolute Gasteiger partial charge is 0.489 e. The lowest BCUT2D eigenvalue weighted by atomic mass is 10.2. The minimum atomic E-state index is -0.457. The summed E-state index contributed by atoms with van der Waals surface area (Å²) in [6.45, 7) is 1.37. The molecular weight excluding hydrogens is 470 g/mol. The van der Waals surface area contributed by atoms with Gasteiger partial charge in [-0.1, -0.05) is 25.0 Å². The topological polar surface area (TPSA) is 110 Å². The quantitative estimate of drug-likeness (QED) is 0.313. The third-order valence-corrected chi connectivity index (χ3v) is 6.76. The van der Waals surface area contributed by atoms with Crippen LogP contribution in [0.25, 0.3) is 6.08 Å². The summed E-state index contributed by atoms with van der Waals surface area (Å²) in [6.07, 6.45) is 5.70. The first-order valence-electron chi connectivity index (χ1n) is 11.4. The number of rotatable bonds is 7. The predicted octanol–water partition coefficient (Wildman–Crippen LogP) is 4.61. The van der Waals surface area contributed by atoms with Gasteiger partial charge in [-0.2, -0.15) is 0 Å². The van der Waals surface area contributed by atoms with Crippen LogP contribution in [0.15, 0.2) is 53.4 Å². The maximum absolute atomic E-state index is 12.8. The Labute approximate surface area is 206 Å². The molecule has 2 aliphatic rings. The van der Waals surface area contributed by atoms with Crippen molar-refractivity contribution in [1.82, 2.24) is 9.80 Å². The van der Waals surface area contributed by atoms with E-state index in [0.717, 1.165) is 53.5 Å². The van der Waals surface area contributed by atoms with Crippen molar-refractivity contribution < 1.29 is 24.0 Å². The van der Waals surface area contributed by atoms with E-state index in [9.17, 15) is 24.5 Å². The summed E-state index contributed by atoms with van der Waals surface area (Å²) in [7, 11) is 0. The Kier molecular flexibility index (Phi) is 7.81. The molecule has 35 heavy (non-hydrogen) atoms. The Morgan fingerprint density at radius 3 is 2.29 bits per heavy atom. The van der Waals surface area contributed by atoms with Crippen molar-refractivity contribution in [1.29, 1.82) is 0 Å². The number of likely N-dealkylation sites (tertiary alicyclic amines) is 1. The van der Waals surface area contributed by atoms with Gasteiger partial charge in [-0.15, -0.1) is 0 Å². The number of ether oxygens (including phenoxy) is 1. The van der Waals surface area contributed by atoms with Crippen LogP contribution in [-0.4, -0.2) is 51.4 Å². The molecule has 0 atom stereocenters. The van der Waals surface area contributed by atoms with Gasteiger partial charge in [-0.3, -0.25) is 29.4 Å². The van der Waals surface area contributed by atoms with E-state index in [-0.39, 0.29) is 29.7 Å². The van der Waals surface area contributed by atoms with Crippen LogP contribution in [0.3, 0.4) is 0 Å². The average Bonchev–Trinajstić information content (AvgIpc) is 3.05. The number of hydrogen-bond acceptors (Lipinski definition) is 7. The SMILES string of the molecule is O=C(CN1C(=O)SC(=Cc2ccc(OCc3ccc([N+](=O)[O-])cc3)cc2)C1=O)N1CCCCCC1. The van der Waals surface area contributed by atoms with Crippen LogP contribution in [0.4, 0.5) is 10.5 Å². The minimum Gasteiger partial charge on any atom is -0.489 e. The lowest BCUT2D eigenvalue weighted by molar-refractivity contribution is -0.384. The molecule has 0 aromatic heterocycles. The molecule has 3 amide bonds. The maximum atomic E-state index is 12.8. The lowest BCUT2D eigenvalue weighted by Gasteiger charge is -2.22. The molecule has 0 radical (unpaired) electrons. The molecule has 2 aromatic rings. The molecule has 9 nitrogen and oxygen atoms in total. The second kappa shape index (κ2) is 11.2. The highest BCUT2D eigenvalue weighted by Crippen LogP contribution is 2.32. The van der Waals surface area contributed by atoms with Gasteiger partial charge in [-0.05, 0) is 66.1 Å². The first-order valence-corrected chi connectivity index (χ1v) is 12.2. The number of nitro benzene ring substituents is 1. The summed E-state index contributed by atoms with van der Waals surface area (Å²) in [5.41, 5.74) is 1.54. The average molecular weight is 496 g/mol. The van der Waals surface area contributed by atoms with Crippen LogP contribution < -0.4 is 4.74 Å². The molecule has 0 spiro atoms. The van der Waals surface area contributed by atoms with Gasteiger partial charge in [0.15, 0.2) is 0 Å². The van der Waals surface area contributed by atoms with Crippen molar-refractivity contribution >= 4 is 40.6 Å². The number of nitro groups is 1. The van der Waals surface area contributed by atoms with E-state index in [1.54, 1.807) is 47.4 Å². The van der Waals surface area contributed by atoms with Crippen molar-refractivity contribution in [2.45, 2.75) is 32.3 Å². The zero-order chi connectivity index (χ0) is 24.8. The van der Waals surface area contributed by atoms with E-state index in [1.165, 1.54) is 12.1 Å². The molecule has 10 heteroatoms. The Morgan fingerprint density at radius 1 is 1.00 bits per heavy atom. The highest BCUT2D eigenvalue weighted by Gasteiger charge is 2.37. The molecule has 182 valence electrons. The fraction of sp³-hybridized carbons (Fsp3) is 0.320. The number of nitrogens with zero attached hydrogens (tertiary/aromatic N) is 3. The third kappa shape index (κ3) is 6.27. The first-order chi connectivity index (χ1) is 16.9. The predicted molar refractivity (Wildman–Crippen MR) is 132 cm³/mol. The number of imide groups is 1. The summed E-state index contributed by atoms with van der Waals surface area (Å²) < 4.78 is 5.72. The van der Waals surface area contributed by atoms with Gasteiger partial charge in [0, 0.05) is 25.2 Å². The van der Waals surface area contributed by atoms with Crippen LogP contribution in [0.5, 0.6) is 5.75 Å². The number of non-ortho nitro benzene ring substituents is 1. The van der Waals surface area contributed by atoms with Crippen LogP contribution in [0, 0.1) is 10.1 Å². The Hall–Kier alpha value is -3.66. The second-order valence-corrected chi connectivity index (χ2v) is 9.34. The highest BCUT2D eigenvalue weighted by atomic mass is 32.2. The van der Waals surface area contributed by atoms with Crippen LogP contribution in [-0.2, 0) is 16.2 Å². The molecule has 0 bridgehead atoms. The lowest BCUT2D eigenvalue weighted by Crippen LogP contribution is -2.42. The van der Waals surface area contributed by atoms with Gasteiger partial charge < -0.3 is 9.64 Å². The number of thioether (sulfide) groups is 1. The van der Waals surface area contributed by atoms with E-state index in [4.69, 9.17) is 4.74 Å². The van der Waals surface area contributed by atoms with E-state index < -0.39 is 16.1 Å². The van der Waals surface area contributed by atoms with E-state index >= 15 is 0 Å². The molecule has 0 unspecified atom stereocenters. The maximum Gasteiger partial charge on any atom is 0.294 e. The molecule has 2 saturated heterocycles. The van der Waals surface area contributed by atoms with Gasteiger partial charge in [0.1, 0.15) is 18.9 Å². The third-order valence-electron chi connectivity index (χ3n) is 5.86. The molecule has 2 aliphatic heterocycles. The van der Waals surface area contributed by atoms with Crippen molar-refractivity contribution in [3.63, 3.8) is 0 Å². The number of amides is 3. The summed E-state index contributed by atoms with van der Waals surface area (Å²) >= 11 is 0.833. The Morgan fingerprint density at radius 2 is 1.66 bits per heavy atom. The minimum absolute atomic E-state index is 0.0221. The molecule has 4 rings (SSSR count). The van der Waals surface area contributed by atoms with Crippen LogP contribution in [0.2, 0.25) is 0 Å². The van der Waals surface area contributed by atoms with Gasteiger partial charge in [-0.25, -0.2) is 0 Å². The number of benzene rings is 2. The van der Waals surface area contributed by atoms with E-state index in [1.807, 2.05) is 0 Å². The standard InChI is InChI=1S/C25H25N3O6S/c29-23(26-13-3-1-2-4-14-26)16-27-24(30)22(35-25(27)31)15-18-7-11-21(12-8-18)34-17-19-5-9-20(10-6-19)28(32)33/h5-12,15H,1-4,13-14,16-17H2.